The Morgan fingerprint density at radius 2 is 1.98 bits per heavy atom. The number of ketones is 1. The quantitative estimate of drug-likeness (QED) is 0.145. The molecule has 7 nitrogen and oxygen atoms in total. The minimum atomic E-state index is -1.11. The van der Waals surface area contributed by atoms with Crippen LogP contribution < -0.4 is 4.74 Å². The smallest absolute Gasteiger partial charge is 0.332 e. The zero-order valence-corrected chi connectivity index (χ0v) is 25.1. The first-order valence-electron chi connectivity index (χ1n) is 15.0. The first-order chi connectivity index (χ1) is 19.5. The third-order valence-electron chi connectivity index (χ3n) is 9.49. The van der Waals surface area contributed by atoms with Gasteiger partial charge in [-0.25, -0.2) is 4.79 Å². The van der Waals surface area contributed by atoms with Crippen molar-refractivity contribution in [2.75, 3.05) is 13.4 Å². The SMILES string of the molecule is C=C(C)[C@@H]1CCC(C)=C[C@H]1c1c(O)cc(CCCCC)cc1OCOCC1=C(C(=O)O)C2C(=O)[C@H]([C@@H](C)O)[C@H]2[C@H]1C. The summed E-state index contributed by atoms with van der Waals surface area (Å²) in [6.45, 7) is 13.9. The topological polar surface area (TPSA) is 113 Å². The summed E-state index contributed by atoms with van der Waals surface area (Å²) in [5, 5.41) is 31.3. The normalized spacial score (nSPS) is 28.1. The highest BCUT2D eigenvalue weighted by Crippen LogP contribution is 2.55. The maximum absolute atomic E-state index is 12.7. The number of benzene rings is 1. The summed E-state index contributed by atoms with van der Waals surface area (Å²) in [4.78, 5) is 24.8. The number of aliphatic hydroxyl groups excluding tert-OH is 1. The highest BCUT2D eigenvalue weighted by atomic mass is 16.7. The maximum Gasteiger partial charge on any atom is 0.332 e. The molecule has 3 aliphatic rings. The Hall–Kier alpha value is -2.90. The molecule has 224 valence electrons. The first-order valence-corrected chi connectivity index (χ1v) is 15.0. The van der Waals surface area contributed by atoms with Crippen molar-refractivity contribution >= 4 is 11.8 Å². The number of aliphatic hydroxyl groups is 1. The lowest BCUT2D eigenvalue weighted by molar-refractivity contribution is -0.151. The third kappa shape index (κ3) is 6.17. The van der Waals surface area contributed by atoms with E-state index in [2.05, 4.69) is 26.5 Å². The number of Topliss-reactive ketones (excluding diaryl/α,β-unsaturated/α-hetero) is 1. The van der Waals surface area contributed by atoms with Crippen LogP contribution in [0.3, 0.4) is 0 Å². The number of aliphatic carboxylic acids is 1. The minimum absolute atomic E-state index is 0.0178. The molecule has 7 heteroatoms. The third-order valence-corrected chi connectivity index (χ3v) is 9.49. The number of ether oxygens (including phenoxy) is 2. The molecule has 4 rings (SSSR count). The lowest BCUT2D eigenvalue weighted by atomic mass is 9.59. The van der Waals surface area contributed by atoms with Gasteiger partial charge in [0.25, 0.3) is 0 Å². The van der Waals surface area contributed by atoms with E-state index in [0.717, 1.165) is 55.2 Å². The Labute approximate surface area is 243 Å². The van der Waals surface area contributed by atoms with Crippen LogP contribution in [0.15, 0.2) is 47.1 Å². The van der Waals surface area contributed by atoms with E-state index in [-0.39, 0.29) is 54.2 Å². The second kappa shape index (κ2) is 13.0. The van der Waals surface area contributed by atoms with E-state index in [1.165, 1.54) is 5.57 Å². The molecule has 41 heavy (non-hydrogen) atoms. The van der Waals surface area contributed by atoms with E-state index in [9.17, 15) is 24.9 Å². The summed E-state index contributed by atoms with van der Waals surface area (Å²) < 4.78 is 12.1. The van der Waals surface area contributed by atoms with Gasteiger partial charge in [0.2, 0.25) is 0 Å². The Balaban J connectivity index is 1.56. The van der Waals surface area contributed by atoms with Gasteiger partial charge in [-0.2, -0.15) is 0 Å². The van der Waals surface area contributed by atoms with Gasteiger partial charge in [0, 0.05) is 23.0 Å². The molecule has 1 aromatic rings. The van der Waals surface area contributed by atoms with Gasteiger partial charge in [-0.15, -0.1) is 0 Å². The van der Waals surface area contributed by atoms with Gasteiger partial charge in [0.1, 0.15) is 17.3 Å². The van der Waals surface area contributed by atoms with Gasteiger partial charge in [0.15, 0.2) is 6.79 Å². The van der Waals surface area contributed by atoms with Crippen LogP contribution in [0.1, 0.15) is 83.8 Å². The fraction of sp³-hybridized carbons (Fsp3) is 0.588. The number of carbonyl (C=O) groups excluding carboxylic acids is 1. The number of phenols is 1. The molecule has 0 heterocycles. The van der Waals surface area contributed by atoms with E-state index in [4.69, 9.17) is 9.47 Å². The fourth-order valence-electron chi connectivity index (χ4n) is 7.33. The van der Waals surface area contributed by atoms with Crippen molar-refractivity contribution in [3.8, 4) is 11.5 Å². The van der Waals surface area contributed by atoms with Crippen molar-refractivity contribution in [2.45, 2.75) is 85.2 Å². The van der Waals surface area contributed by atoms with Gasteiger partial charge < -0.3 is 24.8 Å². The monoisotopic (exact) mass is 566 g/mol. The fourth-order valence-corrected chi connectivity index (χ4v) is 7.33. The number of unbranched alkanes of at least 4 members (excludes halogenated alkanes) is 2. The van der Waals surface area contributed by atoms with Crippen molar-refractivity contribution in [1.82, 2.24) is 0 Å². The second-order valence-corrected chi connectivity index (χ2v) is 12.4. The van der Waals surface area contributed by atoms with Gasteiger partial charge >= 0.3 is 5.97 Å². The molecule has 1 aromatic carbocycles. The van der Waals surface area contributed by atoms with E-state index < -0.39 is 23.9 Å². The molecule has 3 aliphatic carbocycles. The predicted octanol–water partition coefficient (Wildman–Crippen LogP) is 6.34. The first kappa shape index (κ1) is 31.0. The van der Waals surface area contributed by atoms with E-state index in [0.29, 0.717) is 11.3 Å². The highest BCUT2D eigenvalue weighted by molar-refractivity contribution is 6.04. The van der Waals surface area contributed by atoms with Crippen LogP contribution in [0, 0.1) is 29.6 Å². The Bertz CT molecular complexity index is 1240. The number of hydrogen-bond acceptors (Lipinski definition) is 6. The Morgan fingerprint density at radius 1 is 1.24 bits per heavy atom. The lowest BCUT2D eigenvalue weighted by Crippen LogP contribution is -2.53. The number of aryl methyl sites for hydroxylation is 1. The van der Waals surface area contributed by atoms with Crippen molar-refractivity contribution in [3.05, 3.63) is 58.2 Å². The standard InChI is InChI=1S/C34H46O7/c1-7-8-9-10-22-14-26(36)30(24-13-19(4)11-12-23(24)18(2)3)27(15-22)41-17-40-16-25-20(5)28-29(21(6)35)33(37)32(28)31(25)34(38)39/h13-15,20-21,23-24,28-29,32,35-36H,2,7-12,16-17H2,1,3-6H3,(H,38,39)/t20-,21+,23-,24+,28+,29+,32?/m0/s1. The highest BCUT2D eigenvalue weighted by Gasteiger charge is 2.61. The molecule has 0 aromatic heterocycles. The maximum atomic E-state index is 12.7. The van der Waals surface area contributed by atoms with Crippen LogP contribution in [0.2, 0.25) is 0 Å². The van der Waals surface area contributed by atoms with Crippen LogP contribution in [0.4, 0.5) is 0 Å². The number of hydrogen-bond donors (Lipinski definition) is 3. The minimum Gasteiger partial charge on any atom is -0.507 e. The summed E-state index contributed by atoms with van der Waals surface area (Å²) in [7, 11) is 0. The molecule has 0 radical (unpaired) electrons. The Kier molecular flexibility index (Phi) is 9.81. The molecule has 0 amide bonds. The largest absolute Gasteiger partial charge is 0.507 e. The van der Waals surface area contributed by atoms with Crippen LogP contribution in [-0.4, -0.2) is 46.6 Å². The molecule has 0 bridgehead atoms. The molecule has 0 saturated heterocycles. The number of carboxylic acids is 1. The van der Waals surface area contributed by atoms with Crippen molar-refractivity contribution in [3.63, 3.8) is 0 Å². The van der Waals surface area contributed by atoms with Gasteiger partial charge in [0.05, 0.1) is 18.6 Å². The average Bonchev–Trinajstić information content (AvgIpc) is 3.14. The molecule has 0 spiro atoms. The molecule has 3 N–H and O–H groups in total. The van der Waals surface area contributed by atoms with E-state index >= 15 is 0 Å². The second-order valence-electron chi connectivity index (χ2n) is 12.4. The van der Waals surface area contributed by atoms with Gasteiger partial charge in [-0.3, -0.25) is 4.79 Å². The number of fused-ring (bicyclic) bond motifs is 1. The molecule has 1 unspecified atom stereocenters. The van der Waals surface area contributed by atoms with Crippen LogP contribution in [0.25, 0.3) is 0 Å². The van der Waals surface area contributed by atoms with Gasteiger partial charge in [-0.1, -0.05) is 50.5 Å². The molecular weight excluding hydrogens is 520 g/mol. The van der Waals surface area contributed by atoms with Crippen molar-refractivity contribution in [1.29, 1.82) is 0 Å². The number of aromatic hydroxyl groups is 1. The van der Waals surface area contributed by atoms with E-state index in [1.807, 2.05) is 26.0 Å². The number of allylic oxidation sites excluding steroid dienone is 3. The summed E-state index contributed by atoms with van der Waals surface area (Å²) in [5.41, 5.74) is 4.74. The van der Waals surface area contributed by atoms with Crippen molar-refractivity contribution in [2.24, 2.45) is 29.6 Å². The van der Waals surface area contributed by atoms with Gasteiger partial charge in [-0.05, 0) is 87.5 Å². The lowest BCUT2D eigenvalue weighted by Gasteiger charge is -2.43. The van der Waals surface area contributed by atoms with Crippen LogP contribution in [0.5, 0.6) is 11.5 Å². The molecule has 7 atom stereocenters. The van der Waals surface area contributed by atoms with Crippen LogP contribution in [-0.2, 0) is 20.7 Å². The number of carboxylic acid groups (broad SMARTS) is 1. The molecular formula is C34H46O7. The van der Waals surface area contributed by atoms with Crippen LogP contribution >= 0.6 is 0 Å². The zero-order valence-electron chi connectivity index (χ0n) is 25.1. The predicted molar refractivity (Wildman–Crippen MR) is 158 cm³/mol. The summed E-state index contributed by atoms with van der Waals surface area (Å²) in [6.07, 6.45) is 7.38. The molecule has 0 aliphatic heterocycles. The van der Waals surface area contributed by atoms with E-state index in [1.54, 1.807) is 6.92 Å². The summed E-state index contributed by atoms with van der Waals surface area (Å²) in [5.74, 6) is -2.11. The zero-order chi connectivity index (χ0) is 30.0. The number of carbonyl (C=O) groups is 2. The van der Waals surface area contributed by atoms with Crippen molar-refractivity contribution < 1.29 is 34.4 Å². The molecule has 1 saturated carbocycles. The molecule has 1 fully saturated rings. The average molecular weight is 567 g/mol. The number of rotatable bonds is 13. The number of phenolic OH excluding ortho intramolecular Hbond substituents is 1. The summed E-state index contributed by atoms with van der Waals surface area (Å²) >= 11 is 0. The Morgan fingerprint density at radius 3 is 2.61 bits per heavy atom. The summed E-state index contributed by atoms with van der Waals surface area (Å²) in [6, 6.07) is 3.84.